The molecular formula is C51H66N18O3. The van der Waals surface area contributed by atoms with E-state index in [9.17, 15) is 14.4 Å². The van der Waals surface area contributed by atoms with E-state index in [1.807, 2.05) is 0 Å². The zero-order chi connectivity index (χ0) is 71.4. The van der Waals surface area contributed by atoms with Crippen LogP contribution in [-0.2, 0) is 14.4 Å². The quantitative estimate of drug-likeness (QED) is 0.152. The van der Waals surface area contributed by atoms with Crippen molar-refractivity contribution in [2.24, 2.45) is 17.7 Å². The third-order valence-electron chi connectivity index (χ3n) is 12.3. The maximum atomic E-state index is 12.4. The van der Waals surface area contributed by atoms with Crippen molar-refractivity contribution in [3.05, 3.63) is 88.4 Å². The lowest BCUT2D eigenvalue weighted by Gasteiger charge is -2.41. The van der Waals surface area contributed by atoms with Crippen molar-refractivity contribution >= 4 is 68.3 Å². The highest BCUT2D eigenvalue weighted by atomic mass is 16.2. The summed E-state index contributed by atoms with van der Waals surface area (Å²) in [6.07, 6.45) is -1.64. The van der Waals surface area contributed by atoms with Gasteiger partial charge in [0.05, 0.1) is 38.4 Å². The number of amides is 3. The lowest BCUT2D eigenvalue weighted by molar-refractivity contribution is -0.131. The SMILES string of the molecule is [2H]c1nc(N([C@H]2CN(C(=O)C[N+]#[C-])CC[C@@]2([2H])C([2H])([2H])[2H])C([2H])([2H])[2H])c2c([2H])c(C)[nH]c2n1.[2H]c1nc(N([C@H]2CN(C(=O)C[N+]#[C-])CC[C@@]2([2H])C)C([2H])([2H])[2H])c2c([2H])c(C)[nH]c2n1.[2H]c1nc(N([C@H]2CN(C(=O)C[N+]#[C-])CC[C@H]2C([2H])([2H])[2H])C([2H])([2H])[2H])c2c([2H])c(C)[nH]c2n1. The predicted molar refractivity (Wildman–Crippen MR) is 278 cm³/mol. The Bertz CT molecular complexity index is 4030. The van der Waals surface area contributed by atoms with Crippen LogP contribution < -0.4 is 14.7 Å². The first-order valence-corrected chi connectivity index (χ1v) is 22.4. The molecule has 21 heteroatoms. The molecule has 21 nitrogen and oxygen atoms in total. The van der Waals surface area contributed by atoms with Gasteiger partial charge in [0.25, 0.3) is 19.6 Å². The number of nitrogens with zero attached hydrogens (tertiary/aromatic N) is 15. The molecule has 3 amide bonds. The average Bonchev–Trinajstić information content (AvgIpc) is 1.72. The molecule has 0 aliphatic carbocycles. The van der Waals surface area contributed by atoms with E-state index in [-0.39, 0.29) is 127 Å². The molecule has 9 heterocycles. The van der Waals surface area contributed by atoms with Crippen LogP contribution in [0, 0.1) is 58.2 Å². The van der Waals surface area contributed by atoms with Crippen molar-refractivity contribution in [1.29, 1.82) is 0 Å². The number of aromatic nitrogens is 9. The zero-order valence-corrected chi connectivity index (χ0v) is 39.7. The van der Waals surface area contributed by atoms with Gasteiger partial charge in [-0.1, -0.05) is 20.6 Å². The van der Waals surface area contributed by atoms with E-state index in [4.69, 9.17) is 51.2 Å². The molecule has 6 aromatic rings. The van der Waals surface area contributed by atoms with Crippen LogP contribution in [0.4, 0.5) is 17.5 Å². The number of fused-ring (bicyclic) bond motifs is 3. The number of likely N-dealkylation sites (N-methyl/N-ethyl adjacent to an activating group) is 3. The summed E-state index contributed by atoms with van der Waals surface area (Å²) in [5, 5.41) is 0.181. The second-order valence-corrected chi connectivity index (χ2v) is 17.2. The van der Waals surface area contributed by atoms with E-state index < -0.39 is 127 Å². The zero-order valence-electron chi connectivity index (χ0n) is 62.7. The normalized spacial score (nSPS) is 28.4. The summed E-state index contributed by atoms with van der Waals surface area (Å²) in [6.45, 7) is 11.1. The van der Waals surface area contributed by atoms with Crippen LogP contribution in [0.5, 0.6) is 0 Å². The van der Waals surface area contributed by atoms with Gasteiger partial charge in [-0.3, -0.25) is 14.4 Å². The minimum Gasteiger partial charge on any atom is -0.354 e. The van der Waals surface area contributed by atoms with Crippen LogP contribution in [0.1, 0.15) is 88.5 Å². The van der Waals surface area contributed by atoms with Gasteiger partial charge in [-0.05, 0) is 75.9 Å². The van der Waals surface area contributed by atoms with Gasteiger partial charge in [-0.25, -0.2) is 49.6 Å². The van der Waals surface area contributed by atoms with E-state index >= 15 is 0 Å². The van der Waals surface area contributed by atoms with Crippen molar-refractivity contribution in [2.75, 3.05) is 94.5 Å². The first-order chi connectivity index (χ1) is 43.7. The maximum absolute atomic E-state index is 12.4. The van der Waals surface area contributed by atoms with Crippen LogP contribution in [-0.4, -0.2) is 175 Å². The smallest absolute Gasteiger partial charge is 0.302 e. The van der Waals surface area contributed by atoms with E-state index in [1.54, 1.807) is 27.7 Å². The number of aryl methyl sites for hydroxylation is 3. The number of H-pyrrole nitrogens is 3. The third-order valence-corrected chi connectivity index (χ3v) is 12.3. The van der Waals surface area contributed by atoms with Crippen molar-refractivity contribution in [3.63, 3.8) is 0 Å². The van der Waals surface area contributed by atoms with Gasteiger partial charge in [0.2, 0.25) is 0 Å². The number of aromatic amines is 3. The Balaban J connectivity index is 0.000000202. The summed E-state index contributed by atoms with van der Waals surface area (Å²) in [7, 11) is 0. The first-order valence-electron chi connectivity index (χ1n) is 33.9. The van der Waals surface area contributed by atoms with Crippen molar-refractivity contribution < 1.29 is 45.9 Å². The number of hydrogen-bond donors (Lipinski definition) is 3. The fourth-order valence-corrected chi connectivity index (χ4v) is 8.48. The Hall–Kier alpha value is -7.86. The van der Waals surface area contributed by atoms with Crippen LogP contribution in [0.3, 0.4) is 0 Å². The van der Waals surface area contributed by atoms with Gasteiger partial charge in [0, 0.05) is 101 Å². The van der Waals surface area contributed by atoms with Gasteiger partial charge < -0.3 is 58.9 Å². The Morgan fingerprint density at radius 2 is 0.958 bits per heavy atom. The molecule has 3 fully saturated rings. The number of carbonyl (C=O) groups excluding carboxylic acids is 3. The standard InChI is InChI=1S/3C17H22N6O/c3*1-11-5-6-23(15(24)8-18-3)9-14(11)22(4)17-13-7-12(2)21-16(13)19-10-20-17/h3*7,10-11,14H,5-6,8-9H2,1-2,4H3,(H,19,20,21)/t3*11-,14+/m111/s1/i1D3,4D3,7D,10D,11D;4D3,7D,10D,11D;1D3,4D3,7D,10D. The number of hydrogen-bond acceptors (Lipinski definition) is 12. The van der Waals surface area contributed by atoms with E-state index in [2.05, 4.69) is 59.4 Å². The third kappa shape index (κ3) is 11.5. The molecule has 6 aromatic heterocycles. The highest BCUT2D eigenvalue weighted by molar-refractivity contribution is 5.90. The van der Waals surface area contributed by atoms with E-state index in [0.29, 0.717) is 22.0 Å². The molecular weight excluding hydrogens is 913 g/mol. The minimum atomic E-state index is -3.04. The molecule has 3 aliphatic heterocycles. The molecule has 6 atom stereocenters. The monoisotopic (exact) mass is 1000 g/mol. The second kappa shape index (κ2) is 22.9. The topological polar surface area (TPSA) is 208 Å². The lowest BCUT2D eigenvalue weighted by atomic mass is 9.92. The number of piperidine rings is 3. The largest absolute Gasteiger partial charge is 0.354 e. The van der Waals surface area contributed by atoms with Gasteiger partial charge in [0.1, 0.15) is 57.4 Å². The molecule has 3 aliphatic rings. The number of likely N-dealkylation sites (tertiary alicyclic amines) is 3. The molecule has 0 radical (unpaired) electrons. The highest BCUT2D eigenvalue weighted by Gasteiger charge is 2.36. The highest BCUT2D eigenvalue weighted by Crippen LogP contribution is 2.32. The minimum absolute atomic E-state index is 0.000653. The molecule has 0 bridgehead atoms. The van der Waals surface area contributed by atoms with Gasteiger partial charge in [0.15, 0.2) is 0 Å². The Labute approximate surface area is 453 Å². The molecule has 378 valence electrons. The fraction of sp³-hybridized carbons (Fsp3) is 0.529. The van der Waals surface area contributed by atoms with Crippen LogP contribution in [0.15, 0.2) is 37.0 Å². The van der Waals surface area contributed by atoms with Crippen LogP contribution in [0.2, 0.25) is 0 Å². The van der Waals surface area contributed by atoms with Gasteiger partial charge in [-0.15, -0.1) is 0 Å². The molecule has 72 heavy (non-hydrogen) atoms. The van der Waals surface area contributed by atoms with Crippen molar-refractivity contribution in [1.82, 2.24) is 59.6 Å². The lowest BCUT2D eigenvalue weighted by Crippen LogP contribution is -2.53. The Morgan fingerprint density at radius 3 is 1.33 bits per heavy atom. The first kappa shape index (κ1) is 29.5. The Morgan fingerprint density at radius 1 is 0.597 bits per heavy atom. The summed E-state index contributed by atoms with van der Waals surface area (Å²) < 4.78 is 188. The number of carbonyl (C=O) groups is 3. The molecule has 3 saturated heterocycles. The summed E-state index contributed by atoms with van der Waals surface area (Å²) >= 11 is 0. The molecule has 0 unspecified atom stereocenters. The van der Waals surface area contributed by atoms with Gasteiger partial charge >= 0.3 is 17.7 Å². The van der Waals surface area contributed by atoms with Crippen molar-refractivity contribution in [2.45, 2.75) is 78.8 Å². The van der Waals surface area contributed by atoms with E-state index in [1.165, 1.54) is 14.7 Å². The number of nitrogens with one attached hydrogen (secondary N) is 3. The van der Waals surface area contributed by atoms with Gasteiger partial charge in [-0.2, -0.15) is 0 Å². The van der Waals surface area contributed by atoms with Crippen LogP contribution >= 0.6 is 0 Å². The van der Waals surface area contributed by atoms with E-state index in [0.717, 1.165) is 9.80 Å². The number of anilines is 3. The summed E-state index contributed by atoms with van der Waals surface area (Å²) in [4.78, 5) is 84.8. The molecule has 0 spiro atoms. The van der Waals surface area contributed by atoms with Crippen molar-refractivity contribution in [3.8, 4) is 0 Å². The number of rotatable bonds is 9. The average molecular weight is 1000 g/mol. The molecule has 3 N–H and O–H groups in total. The predicted octanol–water partition coefficient (Wildman–Crippen LogP) is 5.58. The summed E-state index contributed by atoms with van der Waals surface area (Å²) in [6, 6.07) is -4.00. The molecule has 0 aromatic carbocycles. The fourth-order valence-electron chi connectivity index (χ4n) is 8.48. The molecule has 9 rings (SSSR count). The summed E-state index contributed by atoms with van der Waals surface area (Å²) in [5.74, 6) is -7.02. The molecule has 0 saturated carbocycles. The summed E-state index contributed by atoms with van der Waals surface area (Å²) in [5.41, 5.74) is 1.47. The second-order valence-electron chi connectivity index (χ2n) is 17.2. The maximum Gasteiger partial charge on any atom is 0.302 e. The van der Waals surface area contributed by atoms with Crippen LogP contribution in [0.25, 0.3) is 47.6 Å². The Kier molecular flexibility index (Phi) is 9.38.